The van der Waals surface area contributed by atoms with Gasteiger partial charge in [0, 0.05) is 19.0 Å². The zero-order valence-corrected chi connectivity index (χ0v) is 17.1. The molecule has 0 bridgehead atoms. The molecule has 1 fully saturated rings. The average molecular weight is 423 g/mol. The number of benzene rings is 1. The molecule has 1 amide bonds. The molecule has 0 unspecified atom stereocenters. The van der Waals surface area contributed by atoms with Gasteiger partial charge in [-0.1, -0.05) is 24.6 Å². The number of amides is 1. The zero-order valence-electron chi connectivity index (χ0n) is 15.5. The van der Waals surface area contributed by atoms with Crippen molar-refractivity contribution in [3.05, 3.63) is 47.3 Å². The highest BCUT2D eigenvalue weighted by atomic mass is 32.2. The number of hydrogen-bond acceptors (Lipinski definition) is 6. The molecule has 1 aromatic heterocycles. The molecule has 1 N–H and O–H groups in total. The van der Waals surface area contributed by atoms with Crippen LogP contribution < -0.4 is 5.32 Å². The Morgan fingerprint density at radius 2 is 2.00 bits per heavy atom. The molecular weight excluding hydrogens is 400 g/mol. The van der Waals surface area contributed by atoms with Crippen LogP contribution in [0.1, 0.15) is 36.0 Å². The second-order valence-electron chi connectivity index (χ2n) is 6.49. The van der Waals surface area contributed by atoms with Crippen molar-refractivity contribution < 1.29 is 22.7 Å². The average Bonchev–Trinajstić information content (AvgIpc) is 3.24. The van der Waals surface area contributed by atoms with Gasteiger partial charge in [0.05, 0.1) is 18.4 Å². The Labute approximate surface area is 168 Å². The van der Waals surface area contributed by atoms with Crippen LogP contribution in [0.15, 0.2) is 46.0 Å². The number of anilines is 1. The quantitative estimate of drug-likeness (QED) is 0.722. The topological polar surface area (TPSA) is 92.8 Å². The van der Waals surface area contributed by atoms with E-state index in [1.165, 1.54) is 22.8 Å². The minimum atomic E-state index is -3.61. The molecule has 3 rings (SSSR count). The van der Waals surface area contributed by atoms with Crippen molar-refractivity contribution in [2.75, 3.05) is 19.0 Å². The second kappa shape index (κ2) is 8.85. The molecule has 1 saturated heterocycles. The van der Waals surface area contributed by atoms with E-state index < -0.39 is 22.0 Å². The fraction of sp³-hybridized carbons (Fsp3) is 0.368. The largest absolute Gasteiger partial charge is 0.465 e. The minimum absolute atomic E-state index is 0.0279. The van der Waals surface area contributed by atoms with Crippen LogP contribution in [0.3, 0.4) is 0 Å². The lowest BCUT2D eigenvalue weighted by Gasteiger charge is -2.34. The number of methoxy groups -OCH3 is 1. The van der Waals surface area contributed by atoms with Gasteiger partial charge < -0.3 is 10.1 Å². The van der Waals surface area contributed by atoms with E-state index in [1.807, 2.05) is 0 Å². The van der Waals surface area contributed by atoms with E-state index >= 15 is 0 Å². The SMILES string of the molecule is COC(=O)c1ccccc1NC(=O)C[C@@H]1CCCCN1S(=O)(=O)c1cccs1. The van der Waals surface area contributed by atoms with Crippen molar-refractivity contribution in [2.45, 2.75) is 35.9 Å². The number of thiophene rings is 1. The second-order valence-corrected chi connectivity index (χ2v) is 9.55. The van der Waals surface area contributed by atoms with E-state index in [0.717, 1.165) is 12.8 Å². The predicted octanol–water partition coefficient (Wildman–Crippen LogP) is 3.11. The first-order valence-corrected chi connectivity index (χ1v) is 11.3. The molecule has 150 valence electrons. The Hall–Kier alpha value is -2.23. The molecule has 1 atom stereocenters. The van der Waals surface area contributed by atoms with Crippen molar-refractivity contribution in [1.29, 1.82) is 0 Å². The molecule has 9 heteroatoms. The van der Waals surface area contributed by atoms with Crippen LogP contribution >= 0.6 is 11.3 Å². The van der Waals surface area contributed by atoms with Crippen molar-refractivity contribution in [2.24, 2.45) is 0 Å². The number of nitrogens with one attached hydrogen (secondary N) is 1. The Morgan fingerprint density at radius 3 is 2.71 bits per heavy atom. The summed E-state index contributed by atoms with van der Waals surface area (Å²) >= 11 is 1.17. The maximum absolute atomic E-state index is 12.9. The van der Waals surface area contributed by atoms with Crippen LogP contribution in [0.5, 0.6) is 0 Å². The maximum atomic E-state index is 12.9. The first-order chi connectivity index (χ1) is 13.4. The number of nitrogens with zero attached hydrogens (tertiary/aromatic N) is 1. The summed E-state index contributed by atoms with van der Waals surface area (Å²) in [4.78, 5) is 24.5. The van der Waals surface area contributed by atoms with Crippen molar-refractivity contribution in [1.82, 2.24) is 4.31 Å². The molecule has 0 aliphatic carbocycles. The van der Waals surface area contributed by atoms with Gasteiger partial charge in [-0.2, -0.15) is 4.31 Å². The first kappa shape index (κ1) is 20.5. The van der Waals surface area contributed by atoms with Gasteiger partial charge in [0.2, 0.25) is 5.91 Å². The number of hydrogen-bond donors (Lipinski definition) is 1. The summed E-state index contributed by atoms with van der Waals surface area (Å²) < 4.78 is 32.3. The van der Waals surface area contributed by atoms with E-state index in [4.69, 9.17) is 4.74 Å². The summed E-state index contributed by atoms with van der Waals surface area (Å²) in [6, 6.07) is 9.44. The number of para-hydroxylation sites is 1. The van der Waals surface area contributed by atoms with E-state index in [0.29, 0.717) is 18.7 Å². The molecule has 1 aliphatic heterocycles. The Balaban J connectivity index is 1.75. The van der Waals surface area contributed by atoms with E-state index in [-0.39, 0.29) is 22.1 Å². The molecule has 2 aromatic rings. The van der Waals surface area contributed by atoms with Gasteiger partial charge in [0.15, 0.2) is 0 Å². The summed E-state index contributed by atoms with van der Waals surface area (Å²) in [6.07, 6.45) is 2.29. The third kappa shape index (κ3) is 4.43. The highest BCUT2D eigenvalue weighted by Crippen LogP contribution is 2.29. The summed E-state index contributed by atoms with van der Waals surface area (Å²) in [5.41, 5.74) is 0.605. The zero-order chi connectivity index (χ0) is 20.1. The van der Waals surface area contributed by atoms with Gasteiger partial charge in [-0.05, 0) is 36.4 Å². The standard InChI is InChI=1S/C19H22N2O5S2/c1-26-19(23)15-8-2-3-9-16(15)20-17(22)13-14-7-4-5-11-21(14)28(24,25)18-10-6-12-27-18/h2-3,6,8-10,12,14H,4-5,7,11,13H2,1H3,(H,20,22)/t14-/m0/s1. The van der Waals surface area contributed by atoms with Gasteiger partial charge in [0.1, 0.15) is 4.21 Å². The Kier molecular flexibility index (Phi) is 6.48. The summed E-state index contributed by atoms with van der Waals surface area (Å²) in [7, 11) is -2.34. The lowest BCUT2D eigenvalue weighted by Crippen LogP contribution is -2.45. The fourth-order valence-electron chi connectivity index (χ4n) is 3.32. The van der Waals surface area contributed by atoms with Gasteiger partial charge in [0.25, 0.3) is 10.0 Å². The number of rotatable bonds is 6. The highest BCUT2D eigenvalue weighted by molar-refractivity contribution is 7.91. The molecule has 2 heterocycles. The van der Waals surface area contributed by atoms with Crippen LogP contribution in [-0.2, 0) is 19.6 Å². The van der Waals surface area contributed by atoms with E-state index in [9.17, 15) is 18.0 Å². The van der Waals surface area contributed by atoms with Crippen molar-refractivity contribution in [3.63, 3.8) is 0 Å². The van der Waals surface area contributed by atoms with Crippen LogP contribution in [0.4, 0.5) is 5.69 Å². The van der Waals surface area contributed by atoms with Gasteiger partial charge in [-0.3, -0.25) is 4.79 Å². The maximum Gasteiger partial charge on any atom is 0.339 e. The monoisotopic (exact) mass is 422 g/mol. The summed E-state index contributed by atoms with van der Waals surface area (Å²) in [5.74, 6) is -0.884. The number of esters is 1. The normalized spacial score (nSPS) is 17.8. The number of sulfonamides is 1. The molecule has 1 aromatic carbocycles. The highest BCUT2D eigenvalue weighted by Gasteiger charge is 2.35. The molecule has 0 radical (unpaired) electrons. The molecule has 28 heavy (non-hydrogen) atoms. The molecular formula is C19H22N2O5S2. The van der Waals surface area contributed by atoms with E-state index in [2.05, 4.69) is 5.32 Å². The molecule has 1 aliphatic rings. The molecule has 0 saturated carbocycles. The Morgan fingerprint density at radius 1 is 1.21 bits per heavy atom. The minimum Gasteiger partial charge on any atom is -0.465 e. The third-order valence-corrected chi connectivity index (χ3v) is 7.98. The third-order valence-electron chi connectivity index (χ3n) is 4.66. The smallest absolute Gasteiger partial charge is 0.339 e. The van der Waals surface area contributed by atoms with Gasteiger partial charge >= 0.3 is 5.97 Å². The van der Waals surface area contributed by atoms with Crippen LogP contribution in [-0.4, -0.2) is 44.3 Å². The fourth-order valence-corrected chi connectivity index (χ4v) is 6.13. The lowest BCUT2D eigenvalue weighted by atomic mass is 10.0. The predicted molar refractivity (Wildman–Crippen MR) is 107 cm³/mol. The van der Waals surface area contributed by atoms with Gasteiger partial charge in [-0.15, -0.1) is 11.3 Å². The molecule has 0 spiro atoms. The first-order valence-electron chi connectivity index (χ1n) is 8.96. The number of carbonyl (C=O) groups excluding carboxylic acids is 2. The number of ether oxygens (including phenoxy) is 1. The van der Waals surface area contributed by atoms with Gasteiger partial charge in [-0.25, -0.2) is 13.2 Å². The van der Waals surface area contributed by atoms with Crippen LogP contribution in [0.25, 0.3) is 0 Å². The van der Waals surface area contributed by atoms with Crippen LogP contribution in [0, 0.1) is 0 Å². The van der Waals surface area contributed by atoms with Crippen LogP contribution in [0.2, 0.25) is 0 Å². The van der Waals surface area contributed by atoms with Crippen molar-refractivity contribution >= 4 is 38.9 Å². The lowest BCUT2D eigenvalue weighted by molar-refractivity contribution is -0.117. The Bertz CT molecular complexity index is 941. The number of carbonyl (C=O) groups is 2. The van der Waals surface area contributed by atoms with E-state index in [1.54, 1.807) is 41.8 Å². The summed E-state index contributed by atoms with van der Waals surface area (Å²) in [6.45, 7) is 0.400. The van der Waals surface area contributed by atoms with Crippen molar-refractivity contribution in [3.8, 4) is 0 Å². The number of piperidine rings is 1. The molecule has 7 nitrogen and oxygen atoms in total. The summed E-state index contributed by atoms with van der Waals surface area (Å²) in [5, 5.41) is 4.45.